The second-order valence-electron chi connectivity index (χ2n) is 3.45. The van der Waals surface area contributed by atoms with Crippen LogP contribution in [0.1, 0.15) is 0 Å². The third-order valence-electron chi connectivity index (χ3n) is 1.92. The van der Waals surface area contributed by atoms with Gasteiger partial charge in [0.1, 0.15) is 26.3 Å². The second-order valence-corrected chi connectivity index (χ2v) is 3.45. The molecule has 0 saturated carbocycles. The Morgan fingerprint density at radius 2 is 1.64 bits per heavy atom. The summed E-state index contributed by atoms with van der Waals surface area (Å²) in [6.07, 6.45) is 0. The molecular weight excluding hydrogens is 142 g/mol. The highest BCUT2D eigenvalue weighted by atomic mass is 16.7. The Balaban J connectivity index is 2.41. The molecule has 0 unspecified atom stereocenters. The van der Waals surface area contributed by atoms with E-state index in [1.54, 1.807) is 0 Å². The van der Waals surface area contributed by atoms with Gasteiger partial charge in [-0.2, -0.15) is 0 Å². The summed E-state index contributed by atoms with van der Waals surface area (Å²) in [5, 5.41) is 0. The highest BCUT2D eigenvalue weighted by Crippen LogP contribution is 2.05. The first kappa shape index (κ1) is 8.40. The minimum absolute atomic E-state index is 0.463. The average molecular weight is 158 g/mol. The van der Waals surface area contributed by atoms with Crippen molar-refractivity contribution in [1.29, 1.82) is 0 Å². The maximum Gasteiger partial charge on any atom is 0.271 e. The lowest BCUT2D eigenvalue weighted by molar-refractivity contribution is -0.892. The molecular formula is C8H16NO2+. The van der Waals surface area contributed by atoms with E-state index in [1.807, 2.05) is 0 Å². The summed E-state index contributed by atoms with van der Waals surface area (Å²) in [5.74, 6) is 0.463. The van der Waals surface area contributed by atoms with Crippen LogP contribution in [0, 0.1) is 0 Å². The van der Waals surface area contributed by atoms with Gasteiger partial charge in [-0.15, -0.1) is 0 Å². The number of hydrogen-bond acceptors (Lipinski definition) is 2. The second kappa shape index (κ2) is 3.13. The van der Waals surface area contributed by atoms with Crippen LogP contribution in [-0.2, 0) is 9.47 Å². The molecule has 0 aromatic heterocycles. The quantitative estimate of drug-likeness (QED) is 0.480. The first-order valence-electron chi connectivity index (χ1n) is 3.87. The van der Waals surface area contributed by atoms with E-state index >= 15 is 0 Å². The summed E-state index contributed by atoms with van der Waals surface area (Å²) in [6, 6.07) is 0. The van der Waals surface area contributed by atoms with Crippen molar-refractivity contribution in [3.05, 3.63) is 12.5 Å². The van der Waals surface area contributed by atoms with Gasteiger partial charge in [0.05, 0.1) is 14.1 Å². The summed E-state index contributed by atoms with van der Waals surface area (Å²) < 4.78 is 11.3. The molecule has 1 aliphatic rings. The van der Waals surface area contributed by atoms with Crippen molar-refractivity contribution in [1.82, 2.24) is 0 Å². The van der Waals surface area contributed by atoms with E-state index in [1.165, 1.54) is 0 Å². The van der Waals surface area contributed by atoms with E-state index in [0.29, 0.717) is 19.2 Å². The van der Waals surface area contributed by atoms with Crippen LogP contribution < -0.4 is 0 Å². The van der Waals surface area contributed by atoms with Gasteiger partial charge in [-0.05, 0) is 6.58 Å². The highest BCUT2D eigenvalue weighted by Gasteiger charge is 2.17. The Bertz CT molecular complexity index is 140. The maximum atomic E-state index is 5.19. The molecule has 0 aliphatic carbocycles. The van der Waals surface area contributed by atoms with Gasteiger partial charge in [-0.3, -0.25) is 0 Å². The molecule has 1 saturated heterocycles. The van der Waals surface area contributed by atoms with Gasteiger partial charge in [0.25, 0.3) is 5.95 Å². The fraction of sp³-hybridized carbons (Fsp3) is 0.750. The van der Waals surface area contributed by atoms with Crippen molar-refractivity contribution in [2.45, 2.75) is 0 Å². The first-order chi connectivity index (χ1) is 5.10. The summed E-state index contributed by atoms with van der Waals surface area (Å²) in [6.45, 7) is 7.05. The van der Waals surface area contributed by atoms with Gasteiger partial charge in [0.15, 0.2) is 0 Å². The first-order valence-corrected chi connectivity index (χ1v) is 3.87. The number of likely N-dealkylation sites (N-methyl/N-ethyl adjacent to an activating group) is 1. The third kappa shape index (κ3) is 2.80. The Morgan fingerprint density at radius 3 is 2.09 bits per heavy atom. The molecule has 1 aliphatic heterocycles. The lowest BCUT2D eigenvalue weighted by Gasteiger charge is -2.31. The zero-order chi connectivity index (χ0) is 8.32. The molecule has 0 N–H and O–H groups in total. The van der Waals surface area contributed by atoms with Gasteiger partial charge in [0.2, 0.25) is 0 Å². The number of rotatable bonds is 0. The molecule has 11 heavy (non-hydrogen) atoms. The molecule has 0 aromatic carbocycles. The molecule has 0 spiro atoms. The molecule has 1 fully saturated rings. The zero-order valence-electron chi connectivity index (χ0n) is 7.30. The third-order valence-corrected chi connectivity index (χ3v) is 1.92. The monoisotopic (exact) mass is 158 g/mol. The van der Waals surface area contributed by atoms with Gasteiger partial charge in [-0.25, -0.2) is 0 Å². The molecule has 0 radical (unpaired) electrons. The van der Waals surface area contributed by atoms with Crippen LogP contribution in [0.5, 0.6) is 0 Å². The summed E-state index contributed by atoms with van der Waals surface area (Å²) in [7, 11) is 4.33. The molecule has 3 heteroatoms. The molecule has 0 bridgehead atoms. The fourth-order valence-corrected chi connectivity index (χ4v) is 0.967. The fourth-order valence-electron chi connectivity index (χ4n) is 0.967. The van der Waals surface area contributed by atoms with Crippen molar-refractivity contribution in [3.63, 3.8) is 0 Å². The maximum absolute atomic E-state index is 5.19. The van der Waals surface area contributed by atoms with Crippen LogP contribution in [0.4, 0.5) is 0 Å². The lowest BCUT2D eigenvalue weighted by Crippen LogP contribution is -2.45. The molecule has 0 aromatic rings. The van der Waals surface area contributed by atoms with E-state index in [-0.39, 0.29) is 0 Å². The predicted octanol–water partition coefficient (Wildman–Crippen LogP) is 0.581. The van der Waals surface area contributed by atoms with Crippen molar-refractivity contribution >= 4 is 0 Å². The average Bonchev–Trinajstić information content (AvgIpc) is 1.83. The largest absolute Gasteiger partial charge is 0.460 e. The Kier molecular flexibility index (Phi) is 2.39. The van der Waals surface area contributed by atoms with Crippen LogP contribution in [0.2, 0.25) is 0 Å². The minimum atomic E-state index is 0.463. The van der Waals surface area contributed by atoms with Crippen molar-refractivity contribution in [2.24, 2.45) is 0 Å². The Hall–Kier alpha value is -0.700. The topological polar surface area (TPSA) is 18.5 Å². The van der Waals surface area contributed by atoms with Crippen LogP contribution in [0.15, 0.2) is 12.5 Å². The number of nitrogens with zero attached hydrogens (tertiary/aromatic N) is 1. The number of quaternary nitrogens is 1. The van der Waals surface area contributed by atoms with Gasteiger partial charge in [0, 0.05) is 0 Å². The highest BCUT2D eigenvalue weighted by molar-refractivity contribution is 4.68. The van der Waals surface area contributed by atoms with Crippen molar-refractivity contribution < 1.29 is 14.0 Å². The predicted molar refractivity (Wildman–Crippen MR) is 42.9 cm³/mol. The van der Waals surface area contributed by atoms with Crippen molar-refractivity contribution in [3.8, 4) is 0 Å². The van der Waals surface area contributed by atoms with E-state index in [2.05, 4.69) is 20.7 Å². The van der Waals surface area contributed by atoms with E-state index < -0.39 is 0 Å². The zero-order valence-corrected chi connectivity index (χ0v) is 7.30. The number of ether oxygens (including phenoxy) is 2. The normalized spacial score (nSPS) is 24.4. The SMILES string of the molecule is C=C1OCC[N+](C)(C)CCO1. The molecule has 0 atom stereocenters. The van der Waals surface area contributed by atoms with E-state index in [0.717, 1.165) is 17.6 Å². The standard InChI is InChI=1S/C8H16NO2/c1-8-10-6-4-9(2,3)5-7-11-8/h1,4-7H2,2-3H3/q+1. The minimum Gasteiger partial charge on any atom is -0.460 e. The van der Waals surface area contributed by atoms with Crippen LogP contribution in [-0.4, -0.2) is 44.9 Å². The molecule has 64 valence electrons. The van der Waals surface area contributed by atoms with Gasteiger partial charge in [-0.1, -0.05) is 0 Å². The van der Waals surface area contributed by atoms with Gasteiger partial charge < -0.3 is 14.0 Å². The lowest BCUT2D eigenvalue weighted by atomic mass is 10.4. The van der Waals surface area contributed by atoms with Crippen LogP contribution >= 0.6 is 0 Å². The molecule has 1 rings (SSSR count). The summed E-state index contributed by atoms with van der Waals surface area (Å²) in [4.78, 5) is 0. The number of hydrogen-bond donors (Lipinski definition) is 0. The Morgan fingerprint density at radius 1 is 1.18 bits per heavy atom. The smallest absolute Gasteiger partial charge is 0.271 e. The summed E-state index contributed by atoms with van der Waals surface area (Å²) in [5.41, 5.74) is 0. The van der Waals surface area contributed by atoms with Crippen LogP contribution in [0.3, 0.4) is 0 Å². The molecule has 3 nitrogen and oxygen atoms in total. The van der Waals surface area contributed by atoms with Crippen LogP contribution in [0.25, 0.3) is 0 Å². The van der Waals surface area contributed by atoms with E-state index in [9.17, 15) is 0 Å². The molecule has 1 heterocycles. The summed E-state index contributed by atoms with van der Waals surface area (Å²) >= 11 is 0. The van der Waals surface area contributed by atoms with E-state index in [4.69, 9.17) is 9.47 Å². The molecule has 0 amide bonds. The Labute approximate surface area is 67.8 Å². The van der Waals surface area contributed by atoms with Crippen molar-refractivity contribution in [2.75, 3.05) is 40.4 Å². The van der Waals surface area contributed by atoms with Gasteiger partial charge >= 0.3 is 0 Å².